The fourth-order valence-electron chi connectivity index (χ4n) is 0.786. The molecule has 0 aliphatic rings. The van der Waals surface area contributed by atoms with Gasteiger partial charge in [-0.15, -0.1) is 0 Å². The number of halogens is 1. The number of rotatable bonds is 2. The third kappa shape index (κ3) is 1.84. The summed E-state index contributed by atoms with van der Waals surface area (Å²) in [6, 6.07) is 5.66. The zero-order valence-electron chi connectivity index (χ0n) is 6.17. The van der Waals surface area contributed by atoms with Gasteiger partial charge in [-0.1, -0.05) is 18.7 Å². The van der Waals surface area contributed by atoms with Crippen LogP contribution in [0, 0.1) is 6.58 Å². The Hall–Kier alpha value is -0.760. The molecule has 0 N–H and O–H groups in total. The van der Waals surface area contributed by atoms with Crippen molar-refractivity contribution >= 4 is 22.0 Å². The molecule has 0 bridgehead atoms. The summed E-state index contributed by atoms with van der Waals surface area (Å²) in [6.07, 6.45) is 1.55. The van der Waals surface area contributed by atoms with Crippen molar-refractivity contribution in [2.75, 3.05) is 7.11 Å². The van der Waals surface area contributed by atoms with E-state index in [0.717, 1.165) is 15.8 Å². The normalized spacial score (nSPS) is 9.27. The van der Waals surface area contributed by atoms with Crippen molar-refractivity contribution in [2.45, 2.75) is 0 Å². The molecule has 0 aromatic heterocycles. The zero-order valence-corrected chi connectivity index (χ0v) is 7.76. The van der Waals surface area contributed by atoms with Gasteiger partial charge < -0.3 is 4.74 Å². The van der Waals surface area contributed by atoms with Crippen molar-refractivity contribution in [3.8, 4) is 5.75 Å². The molecule has 0 aliphatic heterocycles. The Morgan fingerprint density at radius 2 is 2.27 bits per heavy atom. The summed E-state index contributed by atoms with van der Waals surface area (Å²) in [5.41, 5.74) is 0.970. The standard InChI is InChI=1S/C9H8BrO/c1-3-7-4-5-9(11-2)8(10)6-7/h1,3-6H,2H3. The third-order valence-electron chi connectivity index (χ3n) is 1.37. The topological polar surface area (TPSA) is 9.23 Å². The van der Waals surface area contributed by atoms with Crippen LogP contribution >= 0.6 is 15.9 Å². The van der Waals surface area contributed by atoms with Crippen LogP contribution in [0.15, 0.2) is 22.7 Å². The van der Waals surface area contributed by atoms with Crippen LogP contribution < -0.4 is 4.74 Å². The highest BCUT2D eigenvalue weighted by molar-refractivity contribution is 9.10. The van der Waals surface area contributed by atoms with Gasteiger partial charge in [0.1, 0.15) is 5.75 Å². The molecule has 0 heterocycles. The summed E-state index contributed by atoms with van der Waals surface area (Å²) >= 11 is 3.35. The van der Waals surface area contributed by atoms with Crippen molar-refractivity contribution in [2.24, 2.45) is 0 Å². The van der Waals surface area contributed by atoms with Gasteiger partial charge in [0, 0.05) is 0 Å². The van der Waals surface area contributed by atoms with Crippen molar-refractivity contribution < 1.29 is 4.74 Å². The van der Waals surface area contributed by atoms with Gasteiger partial charge in [-0.2, -0.15) is 0 Å². The second-order valence-corrected chi connectivity index (χ2v) is 2.91. The second-order valence-electron chi connectivity index (χ2n) is 2.06. The molecule has 2 heteroatoms. The number of ether oxygens (including phenoxy) is 1. The summed E-state index contributed by atoms with van der Waals surface area (Å²) in [5, 5.41) is 0. The minimum Gasteiger partial charge on any atom is -0.496 e. The zero-order chi connectivity index (χ0) is 8.27. The maximum absolute atomic E-state index is 5.32. The maximum atomic E-state index is 5.32. The fourth-order valence-corrected chi connectivity index (χ4v) is 1.34. The lowest BCUT2D eigenvalue weighted by atomic mass is 10.2. The molecule has 1 nitrogen and oxygen atoms in total. The lowest BCUT2D eigenvalue weighted by Crippen LogP contribution is -1.83. The van der Waals surface area contributed by atoms with Gasteiger partial charge in [-0.3, -0.25) is 0 Å². The van der Waals surface area contributed by atoms with E-state index in [9.17, 15) is 0 Å². The molecule has 0 saturated heterocycles. The Kier molecular flexibility index (Phi) is 2.71. The smallest absolute Gasteiger partial charge is 0.133 e. The van der Waals surface area contributed by atoms with Crippen LogP contribution in [0.4, 0.5) is 0 Å². The van der Waals surface area contributed by atoms with Crippen LogP contribution in [0.3, 0.4) is 0 Å². The first-order chi connectivity index (χ1) is 5.27. The Labute approximate surface area is 74.8 Å². The predicted molar refractivity (Wildman–Crippen MR) is 49.5 cm³/mol. The van der Waals surface area contributed by atoms with Crippen LogP contribution in [0.25, 0.3) is 6.08 Å². The molecular weight excluding hydrogens is 204 g/mol. The third-order valence-corrected chi connectivity index (χ3v) is 1.99. The molecule has 57 valence electrons. The Morgan fingerprint density at radius 3 is 2.73 bits per heavy atom. The summed E-state index contributed by atoms with van der Waals surface area (Å²) in [6.45, 7) is 5.32. The van der Waals surface area contributed by atoms with Crippen LogP contribution in [0.1, 0.15) is 5.56 Å². The fraction of sp³-hybridized carbons (Fsp3) is 0.111. The quantitative estimate of drug-likeness (QED) is 0.732. The maximum Gasteiger partial charge on any atom is 0.133 e. The Balaban J connectivity index is 3.09. The van der Waals surface area contributed by atoms with E-state index in [-0.39, 0.29) is 0 Å². The van der Waals surface area contributed by atoms with Gasteiger partial charge in [0.25, 0.3) is 0 Å². The first-order valence-electron chi connectivity index (χ1n) is 3.16. The molecule has 0 aliphatic carbocycles. The van der Waals surface area contributed by atoms with E-state index >= 15 is 0 Å². The molecule has 0 amide bonds. The van der Waals surface area contributed by atoms with E-state index in [0.29, 0.717) is 0 Å². The number of methoxy groups -OCH3 is 1. The Bertz CT molecular complexity index is 268. The average Bonchev–Trinajstić information content (AvgIpc) is 2.04. The monoisotopic (exact) mass is 211 g/mol. The molecule has 0 fully saturated rings. The first-order valence-corrected chi connectivity index (χ1v) is 3.95. The molecule has 11 heavy (non-hydrogen) atoms. The summed E-state index contributed by atoms with van der Waals surface area (Å²) in [7, 11) is 1.63. The largest absolute Gasteiger partial charge is 0.496 e. The number of hydrogen-bond acceptors (Lipinski definition) is 1. The van der Waals surface area contributed by atoms with E-state index < -0.39 is 0 Å². The second kappa shape index (κ2) is 3.58. The van der Waals surface area contributed by atoms with Gasteiger partial charge in [0.2, 0.25) is 0 Å². The minimum atomic E-state index is 0.815. The molecule has 1 radical (unpaired) electrons. The van der Waals surface area contributed by atoms with Gasteiger partial charge >= 0.3 is 0 Å². The molecule has 0 spiro atoms. The van der Waals surface area contributed by atoms with Crippen molar-refractivity contribution in [3.05, 3.63) is 34.8 Å². The minimum absolute atomic E-state index is 0.815. The highest BCUT2D eigenvalue weighted by atomic mass is 79.9. The van der Waals surface area contributed by atoms with Crippen LogP contribution in [-0.4, -0.2) is 7.11 Å². The van der Waals surface area contributed by atoms with Crippen molar-refractivity contribution in [1.29, 1.82) is 0 Å². The number of benzene rings is 1. The lowest BCUT2D eigenvalue weighted by molar-refractivity contribution is 0.412. The van der Waals surface area contributed by atoms with Crippen molar-refractivity contribution in [1.82, 2.24) is 0 Å². The molecule has 0 atom stereocenters. The first kappa shape index (κ1) is 8.34. The van der Waals surface area contributed by atoms with E-state index in [1.165, 1.54) is 0 Å². The van der Waals surface area contributed by atoms with Gasteiger partial charge in [-0.05, 0) is 33.6 Å². The van der Waals surface area contributed by atoms with Crippen LogP contribution in [0.2, 0.25) is 0 Å². The van der Waals surface area contributed by atoms with E-state index in [4.69, 9.17) is 11.3 Å². The average molecular weight is 212 g/mol. The molecular formula is C9H8BrO. The molecule has 1 aromatic rings. The summed E-state index contributed by atoms with van der Waals surface area (Å²) in [5.74, 6) is 0.815. The van der Waals surface area contributed by atoms with E-state index in [1.807, 2.05) is 18.2 Å². The number of hydrogen-bond donors (Lipinski definition) is 0. The van der Waals surface area contributed by atoms with Crippen LogP contribution in [0.5, 0.6) is 5.75 Å². The molecule has 1 aromatic carbocycles. The Morgan fingerprint density at radius 1 is 1.55 bits per heavy atom. The SMILES string of the molecule is [CH]=Cc1ccc(OC)c(Br)c1. The van der Waals surface area contributed by atoms with Gasteiger partial charge in [0.15, 0.2) is 0 Å². The van der Waals surface area contributed by atoms with Crippen molar-refractivity contribution in [3.63, 3.8) is 0 Å². The lowest BCUT2D eigenvalue weighted by Gasteiger charge is -2.02. The summed E-state index contributed by atoms with van der Waals surface area (Å²) in [4.78, 5) is 0. The van der Waals surface area contributed by atoms with Crippen LogP contribution in [-0.2, 0) is 0 Å². The highest BCUT2D eigenvalue weighted by Gasteiger charge is 1.97. The molecule has 0 saturated carbocycles. The van der Waals surface area contributed by atoms with E-state index in [1.54, 1.807) is 13.2 Å². The van der Waals surface area contributed by atoms with Gasteiger partial charge in [-0.25, -0.2) is 0 Å². The highest BCUT2D eigenvalue weighted by Crippen LogP contribution is 2.25. The summed E-state index contributed by atoms with van der Waals surface area (Å²) < 4.78 is 5.96. The van der Waals surface area contributed by atoms with E-state index in [2.05, 4.69) is 15.9 Å². The molecule has 0 unspecified atom stereocenters. The predicted octanol–water partition coefficient (Wildman–Crippen LogP) is 2.90. The molecule has 1 rings (SSSR count). The van der Waals surface area contributed by atoms with Gasteiger partial charge in [0.05, 0.1) is 11.6 Å².